The summed E-state index contributed by atoms with van der Waals surface area (Å²) in [5.41, 5.74) is 1.44. The third-order valence-electron chi connectivity index (χ3n) is 5.56. The molecule has 0 spiro atoms. The summed E-state index contributed by atoms with van der Waals surface area (Å²) in [5.74, 6) is -1.01. The van der Waals surface area contributed by atoms with Gasteiger partial charge in [0.05, 0.1) is 10.5 Å². The lowest BCUT2D eigenvalue weighted by Gasteiger charge is -2.16. The number of thioether (sulfide) groups is 1. The zero-order valence-electron chi connectivity index (χ0n) is 19.3. The van der Waals surface area contributed by atoms with Crippen molar-refractivity contribution in [2.45, 2.75) is 46.6 Å². The van der Waals surface area contributed by atoms with Crippen LogP contribution in [0.5, 0.6) is 5.88 Å². The summed E-state index contributed by atoms with van der Waals surface area (Å²) in [7, 11) is 0. The van der Waals surface area contributed by atoms with Gasteiger partial charge in [-0.15, -0.1) is 0 Å². The Morgan fingerprint density at radius 3 is 2.50 bits per heavy atom. The summed E-state index contributed by atoms with van der Waals surface area (Å²) in [6.07, 6.45) is 2.69. The molecule has 176 valence electrons. The Balaban J connectivity index is 1.73. The third-order valence-corrected chi connectivity index (χ3v) is 6.94. The van der Waals surface area contributed by atoms with Gasteiger partial charge in [-0.2, -0.15) is 5.26 Å². The molecule has 1 fully saturated rings. The number of thiocarbonyl (C=S) groups is 1. The molecule has 1 saturated heterocycles. The SMILES string of the molecule is CCCn1c(O)c(C(=O)CCCN2C(=O)/C(=C/c3ccc(C)cc3)SC2=S)c(C)c(C#N)c1=O. The van der Waals surface area contributed by atoms with Gasteiger partial charge in [-0.25, -0.2) is 0 Å². The molecule has 9 heteroatoms. The van der Waals surface area contributed by atoms with E-state index in [1.54, 1.807) is 6.08 Å². The van der Waals surface area contributed by atoms with Gasteiger partial charge in [0, 0.05) is 19.5 Å². The van der Waals surface area contributed by atoms with E-state index >= 15 is 0 Å². The molecule has 1 amide bonds. The van der Waals surface area contributed by atoms with Crippen molar-refractivity contribution in [3.05, 3.63) is 67.3 Å². The van der Waals surface area contributed by atoms with Crippen LogP contribution in [0, 0.1) is 25.2 Å². The summed E-state index contributed by atoms with van der Waals surface area (Å²) in [5, 5.41) is 20.0. The van der Waals surface area contributed by atoms with E-state index in [2.05, 4.69) is 0 Å². The van der Waals surface area contributed by atoms with Crippen molar-refractivity contribution in [2.24, 2.45) is 0 Å². The van der Waals surface area contributed by atoms with Gasteiger partial charge in [0.1, 0.15) is 16.0 Å². The van der Waals surface area contributed by atoms with Gasteiger partial charge in [0.2, 0.25) is 5.88 Å². The summed E-state index contributed by atoms with van der Waals surface area (Å²) in [4.78, 5) is 40.2. The number of nitriles is 1. The lowest BCUT2D eigenvalue weighted by Crippen LogP contribution is -2.29. The second-order valence-electron chi connectivity index (χ2n) is 8.04. The quantitative estimate of drug-likeness (QED) is 0.330. The fourth-order valence-electron chi connectivity index (χ4n) is 3.75. The fraction of sp³-hybridized carbons (Fsp3) is 0.320. The highest BCUT2D eigenvalue weighted by Crippen LogP contribution is 2.33. The van der Waals surface area contributed by atoms with Crippen molar-refractivity contribution in [3.8, 4) is 11.9 Å². The number of ketones is 1. The normalized spacial score (nSPS) is 14.6. The largest absolute Gasteiger partial charge is 0.494 e. The van der Waals surface area contributed by atoms with Crippen molar-refractivity contribution in [3.63, 3.8) is 0 Å². The number of aryl methyl sites for hydroxylation is 1. The predicted octanol–water partition coefficient (Wildman–Crippen LogP) is 4.32. The standard InChI is InChI=1S/C25H25N3O4S2/c1-4-11-27-22(30)18(14-26)16(3)21(24(27)32)19(29)6-5-12-28-23(31)20(34-25(28)33)13-17-9-7-15(2)8-10-17/h7-10,13,32H,4-6,11-12H2,1-3H3/b20-13-. The second-order valence-corrected chi connectivity index (χ2v) is 9.71. The number of rotatable bonds is 8. The van der Waals surface area contributed by atoms with E-state index in [0.29, 0.717) is 22.1 Å². The van der Waals surface area contributed by atoms with E-state index < -0.39 is 17.2 Å². The maximum absolute atomic E-state index is 13.0. The van der Waals surface area contributed by atoms with Crippen molar-refractivity contribution < 1.29 is 14.7 Å². The molecule has 1 N–H and O–H groups in total. The third kappa shape index (κ3) is 5.13. The Bertz CT molecular complexity index is 1290. The number of aromatic hydroxyl groups is 1. The molecule has 1 aliphatic heterocycles. The minimum Gasteiger partial charge on any atom is -0.494 e. The number of carbonyl (C=O) groups excluding carboxylic acids is 2. The van der Waals surface area contributed by atoms with Crippen molar-refractivity contribution >= 4 is 46.1 Å². The minimum atomic E-state index is -0.603. The van der Waals surface area contributed by atoms with Crippen molar-refractivity contribution in [1.82, 2.24) is 9.47 Å². The number of amides is 1. The van der Waals surface area contributed by atoms with E-state index in [9.17, 15) is 24.8 Å². The maximum atomic E-state index is 13.0. The van der Waals surface area contributed by atoms with Gasteiger partial charge < -0.3 is 5.11 Å². The Morgan fingerprint density at radius 1 is 1.21 bits per heavy atom. The van der Waals surface area contributed by atoms with Crippen LogP contribution in [-0.4, -0.2) is 37.1 Å². The Hall–Kier alpha value is -3.22. The smallest absolute Gasteiger partial charge is 0.271 e. The molecule has 0 radical (unpaired) electrons. The molecule has 1 aromatic heterocycles. The molecular weight excluding hydrogens is 470 g/mol. The van der Waals surface area contributed by atoms with Gasteiger partial charge >= 0.3 is 0 Å². The summed E-state index contributed by atoms with van der Waals surface area (Å²) >= 11 is 6.59. The Kier molecular flexibility index (Phi) is 8.07. The first kappa shape index (κ1) is 25.4. The van der Waals surface area contributed by atoms with Crippen molar-refractivity contribution in [1.29, 1.82) is 5.26 Å². The molecule has 0 bridgehead atoms. The molecule has 1 aliphatic rings. The van der Waals surface area contributed by atoms with Gasteiger partial charge in [0.25, 0.3) is 11.5 Å². The van der Waals surface area contributed by atoms with E-state index in [0.717, 1.165) is 15.7 Å². The molecule has 3 rings (SSSR count). The molecular formula is C25H25N3O4S2. The predicted molar refractivity (Wildman–Crippen MR) is 137 cm³/mol. The molecule has 0 aliphatic carbocycles. The van der Waals surface area contributed by atoms with Crippen LogP contribution in [0.4, 0.5) is 0 Å². The lowest BCUT2D eigenvalue weighted by atomic mass is 9.99. The molecule has 2 aromatic rings. The van der Waals surface area contributed by atoms with Gasteiger partial charge in [-0.05, 0) is 43.9 Å². The number of carbonyl (C=O) groups is 2. The van der Waals surface area contributed by atoms with E-state index in [1.807, 2.05) is 44.2 Å². The maximum Gasteiger partial charge on any atom is 0.271 e. The molecule has 0 saturated carbocycles. The molecule has 1 aromatic carbocycles. The number of hydrogen-bond donors (Lipinski definition) is 1. The van der Waals surface area contributed by atoms with Gasteiger partial charge in [-0.1, -0.05) is 60.7 Å². The first-order valence-electron chi connectivity index (χ1n) is 10.9. The molecule has 0 atom stereocenters. The van der Waals surface area contributed by atoms with Gasteiger partial charge in [0.15, 0.2) is 5.78 Å². The average molecular weight is 496 g/mol. The van der Waals surface area contributed by atoms with Crippen LogP contribution in [-0.2, 0) is 11.3 Å². The van der Waals surface area contributed by atoms with E-state index in [-0.39, 0.29) is 42.1 Å². The fourth-order valence-corrected chi connectivity index (χ4v) is 5.05. The highest BCUT2D eigenvalue weighted by atomic mass is 32.2. The van der Waals surface area contributed by atoms with Crippen LogP contribution in [0.25, 0.3) is 6.08 Å². The number of pyridine rings is 1. The topological polar surface area (TPSA) is 103 Å². The van der Waals surface area contributed by atoms with Crippen LogP contribution < -0.4 is 5.56 Å². The summed E-state index contributed by atoms with van der Waals surface area (Å²) in [6, 6.07) is 9.65. The van der Waals surface area contributed by atoms with E-state index in [4.69, 9.17) is 12.2 Å². The minimum absolute atomic E-state index is 0.0192. The monoisotopic (exact) mass is 495 g/mol. The van der Waals surface area contributed by atoms with Crippen LogP contribution in [0.2, 0.25) is 0 Å². The summed E-state index contributed by atoms with van der Waals surface area (Å²) in [6.45, 7) is 5.76. The number of benzene rings is 1. The van der Waals surface area contributed by atoms with Crippen LogP contribution in [0.15, 0.2) is 34.0 Å². The number of Topliss-reactive ketones (excluding diaryl/α,β-unsaturated/α-hetero) is 1. The second kappa shape index (κ2) is 10.8. The lowest BCUT2D eigenvalue weighted by molar-refractivity contribution is -0.122. The van der Waals surface area contributed by atoms with Crippen LogP contribution in [0.1, 0.15) is 58.8 Å². The molecule has 0 unspecified atom stereocenters. The Morgan fingerprint density at radius 2 is 1.88 bits per heavy atom. The summed E-state index contributed by atoms with van der Waals surface area (Å²) < 4.78 is 1.49. The Labute approximate surface area is 207 Å². The molecule has 7 nitrogen and oxygen atoms in total. The number of hydrogen-bond acceptors (Lipinski definition) is 7. The number of nitrogens with zero attached hydrogens (tertiary/aromatic N) is 3. The van der Waals surface area contributed by atoms with Crippen molar-refractivity contribution in [2.75, 3.05) is 6.54 Å². The highest BCUT2D eigenvalue weighted by molar-refractivity contribution is 8.26. The van der Waals surface area contributed by atoms with Crippen LogP contribution >= 0.6 is 24.0 Å². The number of aromatic nitrogens is 1. The van der Waals surface area contributed by atoms with E-state index in [1.165, 1.54) is 23.6 Å². The molecule has 34 heavy (non-hydrogen) atoms. The van der Waals surface area contributed by atoms with Gasteiger partial charge in [-0.3, -0.25) is 23.9 Å². The molecule has 2 heterocycles. The zero-order valence-corrected chi connectivity index (χ0v) is 20.9. The first-order chi connectivity index (χ1) is 16.2. The zero-order chi connectivity index (χ0) is 25.0. The highest BCUT2D eigenvalue weighted by Gasteiger charge is 2.32. The first-order valence-corrected chi connectivity index (χ1v) is 12.1. The average Bonchev–Trinajstić information content (AvgIpc) is 3.06. The van der Waals surface area contributed by atoms with Crippen LogP contribution in [0.3, 0.4) is 0 Å².